The third-order valence-corrected chi connectivity index (χ3v) is 21.9. The molecule has 0 bridgehead atoms. The number of hydrogen-bond acceptors (Lipinski definition) is 13. The molecule has 0 saturated carbocycles. The van der Waals surface area contributed by atoms with E-state index in [1.165, 1.54) is 366 Å². The minimum absolute atomic E-state index is 0.229. The number of carbonyl (C=O) groups excluding carboxylic acids is 1. The number of carbonyl (C=O) groups is 1. The summed E-state index contributed by atoms with van der Waals surface area (Å²) in [5.41, 5.74) is 0. The fourth-order valence-corrected chi connectivity index (χ4v) is 14.9. The van der Waals surface area contributed by atoms with Gasteiger partial charge in [-0.25, -0.2) is 0 Å². The summed E-state index contributed by atoms with van der Waals surface area (Å²) in [6.45, 7) is 2.88. The Bertz CT molecular complexity index is 1790. The largest absolute Gasteiger partial charge is 0.394 e. The lowest BCUT2D eigenvalue weighted by Gasteiger charge is -2.46. The smallest absolute Gasteiger partial charge is 0.220 e. The van der Waals surface area contributed by atoms with Gasteiger partial charge >= 0.3 is 0 Å². The van der Waals surface area contributed by atoms with Crippen molar-refractivity contribution in [3.63, 3.8) is 0 Å². The first-order valence-electron chi connectivity index (χ1n) is 44.1. The number of aliphatic hydroxyl groups is 8. The second-order valence-corrected chi connectivity index (χ2v) is 31.4. The Labute approximate surface area is 621 Å². The molecule has 2 aliphatic rings. The third-order valence-electron chi connectivity index (χ3n) is 21.9. The number of allylic oxidation sites excluding steroid dienone is 3. The van der Waals surface area contributed by atoms with E-state index in [4.69, 9.17) is 18.9 Å². The van der Waals surface area contributed by atoms with Gasteiger partial charge in [0.05, 0.1) is 32.0 Å². The molecular formula is C87H167NO13. The summed E-state index contributed by atoms with van der Waals surface area (Å²) in [7, 11) is 0. The molecule has 12 unspecified atom stereocenters. The molecule has 2 rings (SSSR count). The van der Waals surface area contributed by atoms with Crippen LogP contribution in [-0.2, 0) is 23.7 Å². The van der Waals surface area contributed by atoms with Gasteiger partial charge in [-0.05, 0) is 44.9 Å². The van der Waals surface area contributed by atoms with Crippen LogP contribution in [0, 0.1) is 0 Å². The molecule has 14 heteroatoms. The molecule has 0 radical (unpaired) electrons. The highest BCUT2D eigenvalue weighted by molar-refractivity contribution is 5.76. The average Bonchev–Trinajstić information content (AvgIpc) is 0.791. The molecule has 2 saturated heterocycles. The first kappa shape index (κ1) is 95.5. The topological polar surface area (TPSA) is 228 Å². The van der Waals surface area contributed by atoms with Crippen LogP contribution in [0.3, 0.4) is 0 Å². The number of hydrogen-bond donors (Lipinski definition) is 9. The Morgan fingerprint density at radius 2 is 0.624 bits per heavy atom. The van der Waals surface area contributed by atoms with Crippen LogP contribution in [0.2, 0.25) is 0 Å². The first-order chi connectivity index (χ1) is 49.6. The fraction of sp³-hybridized carbons (Fsp3) is 0.943. The maximum absolute atomic E-state index is 13.4. The van der Waals surface area contributed by atoms with Crippen molar-refractivity contribution in [3.05, 3.63) is 24.3 Å². The maximum atomic E-state index is 13.4. The second-order valence-electron chi connectivity index (χ2n) is 31.4. The highest BCUT2D eigenvalue weighted by Crippen LogP contribution is 2.31. The van der Waals surface area contributed by atoms with Gasteiger partial charge in [0, 0.05) is 6.42 Å². The summed E-state index contributed by atoms with van der Waals surface area (Å²) in [6.07, 6.45) is 77.2. The van der Waals surface area contributed by atoms with Gasteiger partial charge in [-0.3, -0.25) is 4.79 Å². The molecule has 0 aromatic rings. The van der Waals surface area contributed by atoms with Crippen LogP contribution in [-0.4, -0.2) is 140 Å². The number of amides is 1. The molecule has 0 aromatic carbocycles. The van der Waals surface area contributed by atoms with Crippen molar-refractivity contribution in [1.29, 1.82) is 0 Å². The van der Waals surface area contributed by atoms with Crippen LogP contribution in [0.25, 0.3) is 0 Å². The van der Waals surface area contributed by atoms with Gasteiger partial charge in [0.2, 0.25) is 5.91 Å². The van der Waals surface area contributed by atoms with E-state index in [0.717, 1.165) is 38.5 Å². The third kappa shape index (κ3) is 53.8. The zero-order chi connectivity index (χ0) is 73.0. The maximum Gasteiger partial charge on any atom is 0.220 e. The second kappa shape index (κ2) is 71.4. The molecule has 2 aliphatic heterocycles. The normalized spacial score (nSPS) is 21.8. The van der Waals surface area contributed by atoms with Crippen molar-refractivity contribution >= 4 is 5.91 Å². The lowest BCUT2D eigenvalue weighted by atomic mass is 9.97. The van der Waals surface area contributed by atoms with E-state index >= 15 is 0 Å². The summed E-state index contributed by atoms with van der Waals surface area (Å²) in [4.78, 5) is 13.4. The highest BCUT2D eigenvalue weighted by Gasteiger charge is 2.51. The van der Waals surface area contributed by atoms with Crippen molar-refractivity contribution in [2.24, 2.45) is 0 Å². The Balaban J connectivity index is 1.57. The van der Waals surface area contributed by atoms with Crippen LogP contribution < -0.4 is 5.32 Å². The van der Waals surface area contributed by atoms with E-state index in [1.807, 2.05) is 6.08 Å². The highest BCUT2D eigenvalue weighted by atomic mass is 16.7. The van der Waals surface area contributed by atoms with Crippen LogP contribution >= 0.6 is 0 Å². The Kier molecular flexibility index (Phi) is 67.5. The summed E-state index contributed by atoms with van der Waals surface area (Å²) >= 11 is 0. The first-order valence-corrected chi connectivity index (χ1v) is 44.1. The van der Waals surface area contributed by atoms with E-state index < -0.39 is 86.8 Å². The monoisotopic (exact) mass is 1430 g/mol. The molecule has 598 valence electrons. The van der Waals surface area contributed by atoms with Crippen molar-refractivity contribution in [2.45, 2.75) is 505 Å². The molecular weight excluding hydrogens is 1270 g/mol. The summed E-state index contributed by atoms with van der Waals surface area (Å²) in [6, 6.07) is -0.914. The molecule has 0 spiro atoms. The SMILES string of the molecule is CCCCCCCCCC/C=C\CCCCCCCCCCCCCCCCCCCCCCCCCC(=O)NC(COC1OC(CO)C(OC2OC(CO)C(O)C(O)C2O)C(O)C1O)C(O)/C=C/CCCCCCCCCCCCCCCCCCCCCCCCCCCCCCCC. The Morgan fingerprint density at radius 1 is 0.347 bits per heavy atom. The molecule has 0 aliphatic carbocycles. The van der Waals surface area contributed by atoms with Crippen LogP contribution in [0.5, 0.6) is 0 Å². The van der Waals surface area contributed by atoms with E-state index in [9.17, 15) is 45.6 Å². The van der Waals surface area contributed by atoms with Gasteiger partial charge in [0.15, 0.2) is 12.6 Å². The van der Waals surface area contributed by atoms with Gasteiger partial charge < -0.3 is 65.1 Å². The quantitative estimate of drug-likeness (QED) is 0.0204. The van der Waals surface area contributed by atoms with Gasteiger partial charge in [0.25, 0.3) is 0 Å². The number of rotatable bonds is 76. The lowest BCUT2D eigenvalue weighted by molar-refractivity contribution is -0.359. The van der Waals surface area contributed by atoms with Crippen LogP contribution in [0.15, 0.2) is 24.3 Å². The molecule has 1 amide bonds. The molecule has 101 heavy (non-hydrogen) atoms. The van der Waals surface area contributed by atoms with Crippen molar-refractivity contribution in [3.8, 4) is 0 Å². The molecule has 12 atom stereocenters. The van der Waals surface area contributed by atoms with Gasteiger partial charge in [-0.2, -0.15) is 0 Å². The van der Waals surface area contributed by atoms with Crippen LogP contribution in [0.4, 0.5) is 0 Å². The van der Waals surface area contributed by atoms with Gasteiger partial charge in [-0.1, -0.05) is 404 Å². The van der Waals surface area contributed by atoms with E-state index in [1.54, 1.807) is 6.08 Å². The van der Waals surface area contributed by atoms with Gasteiger partial charge in [-0.15, -0.1) is 0 Å². The molecule has 14 nitrogen and oxygen atoms in total. The van der Waals surface area contributed by atoms with E-state index in [0.29, 0.717) is 6.42 Å². The minimum Gasteiger partial charge on any atom is -0.394 e. The lowest BCUT2D eigenvalue weighted by Crippen LogP contribution is -2.65. The zero-order valence-corrected chi connectivity index (χ0v) is 65.9. The predicted octanol–water partition coefficient (Wildman–Crippen LogP) is 21.0. The average molecular weight is 1440 g/mol. The van der Waals surface area contributed by atoms with Crippen molar-refractivity contribution in [1.82, 2.24) is 5.32 Å². The predicted molar refractivity (Wildman–Crippen MR) is 420 cm³/mol. The Hall–Kier alpha value is -1.53. The van der Waals surface area contributed by atoms with E-state index in [-0.39, 0.29) is 18.9 Å². The molecule has 2 heterocycles. The van der Waals surface area contributed by atoms with Crippen molar-refractivity contribution in [2.75, 3.05) is 19.8 Å². The van der Waals surface area contributed by atoms with E-state index in [2.05, 4.69) is 31.3 Å². The standard InChI is InChI=1S/C87H167NO13/c1-3-5-7-9-11-13-15-17-19-21-23-25-27-29-31-33-35-37-38-39-41-43-45-47-49-51-53-55-57-59-61-63-65-67-69-71-79(92)88-75(74-98-86-84(97)82(95)85(78(73-90)100-86)101-87-83(96)81(94)80(93)77(72-89)99-87)76(91)70-68-66-64-62-60-58-56-54-52-50-48-46-44-42-40-36-34-32-30-28-26-24-22-20-18-16-14-12-10-8-6-4-2/h21,23,68,70,75-78,80-87,89-91,93-97H,3-20,22,24-67,69,71-74H2,1-2H3,(H,88,92)/b23-21-,70-68+. The molecule has 9 N–H and O–H groups in total. The summed E-state index contributed by atoms with van der Waals surface area (Å²) in [5.74, 6) is -0.229. The number of nitrogens with one attached hydrogen (secondary N) is 1. The van der Waals surface area contributed by atoms with Crippen molar-refractivity contribution < 1.29 is 64.6 Å². The number of aliphatic hydroxyl groups excluding tert-OH is 8. The molecule has 2 fully saturated rings. The number of unbranched alkanes of at least 4 members (excludes halogenated alkanes) is 61. The zero-order valence-electron chi connectivity index (χ0n) is 65.9. The number of ether oxygens (including phenoxy) is 4. The summed E-state index contributed by atoms with van der Waals surface area (Å²) in [5, 5.41) is 87.8. The van der Waals surface area contributed by atoms with Crippen LogP contribution in [0.1, 0.15) is 431 Å². The fourth-order valence-electron chi connectivity index (χ4n) is 14.9. The molecule has 0 aromatic heterocycles. The summed E-state index contributed by atoms with van der Waals surface area (Å²) < 4.78 is 23.0. The minimum atomic E-state index is -1.79. The Morgan fingerprint density at radius 3 is 0.941 bits per heavy atom. The van der Waals surface area contributed by atoms with Gasteiger partial charge in [0.1, 0.15) is 48.8 Å².